The van der Waals surface area contributed by atoms with Crippen LogP contribution in [0.3, 0.4) is 0 Å². The van der Waals surface area contributed by atoms with Crippen LogP contribution in [0.15, 0.2) is 10.6 Å². The quantitative estimate of drug-likeness (QED) is 0.789. The Morgan fingerprint density at radius 3 is 3.00 bits per heavy atom. The van der Waals surface area contributed by atoms with Gasteiger partial charge in [0.05, 0.1) is 5.38 Å². The zero-order valence-corrected chi connectivity index (χ0v) is 9.67. The molecule has 1 unspecified atom stereocenters. The number of aryl methyl sites for hydroxylation is 1. The van der Waals surface area contributed by atoms with Crippen LogP contribution in [0.4, 0.5) is 0 Å². The topological polar surface area (TPSA) is 55.1 Å². The summed E-state index contributed by atoms with van der Waals surface area (Å²) in [5, 5.41) is 6.29. The third kappa shape index (κ3) is 3.91. The summed E-state index contributed by atoms with van der Waals surface area (Å²) in [6, 6.07) is 1.60. The molecule has 4 nitrogen and oxygen atoms in total. The van der Waals surface area contributed by atoms with Gasteiger partial charge in [-0.3, -0.25) is 4.79 Å². The number of nitrogens with one attached hydrogen (secondary N) is 1. The van der Waals surface area contributed by atoms with Crippen molar-refractivity contribution in [1.29, 1.82) is 0 Å². The second kappa shape index (κ2) is 5.75. The van der Waals surface area contributed by atoms with Crippen LogP contribution in [0, 0.1) is 6.92 Å². The zero-order valence-electron chi connectivity index (χ0n) is 8.92. The molecule has 0 bridgehead atoms. The first kappa shape index (κ1) is 12.0. The lowest BCUT2D eigenvalue weighted by Crippen LogP contribution is -2.29. The molecule has 0 aliphatic rings. The molecular weight excluding hydrogens is 216 g/mol. The van der Waals surface area contributed by atoms with Crippen molar-refractivity contribution in [2.75, 3.05) is 6.54 Å². The Balaban J connectivity index is 2.36. The maximum Gasteiger partial charge on any atom is 0.273 e. The molecule has 0 saturated carbocycles. The summed E-state index contributed by atoms with van der Waals surface area (Å²) in [7, 11) is 0. The highest BCUT2D eigenvalue weighted by atomic mass is 35.5. The summed E-state index contributed by atoms with van der Waals surface area (Å²) in [5.41, 5.74) is 0.299. The number of carbonyl (C=O) groups is 1. The van der Waals surface area contributed by atoms with Crippen molar-refractivity contribution in [1.82, 2.24) is 10.5 Å². The molecule has 0 radical (unpaired) electrons. The second-order valence-corrected chi connectivity index (χ2v) is 4.04. The molecule has 0 aliphatic carbocycles. The first-order valence-electron chi connectivity index (χ1n) is 4.99. The van der Waals surface area contributed by atoms with Gasteiger partial charge in [0.25, 0.3) is 5.91 Å². The van der Waals surface area contributed by atoms with E-state index in [2.05, 4.69) is 17.4 Å². The summed E-state index contributed by atoms with van der Waals surface area (Å²) in [5.74, 6) is 0.379. The molecule has 1 heterocycles. The molecule has 1 atom stereocenters. The van der Waals surface area contributed by atoms with Crippen molar-refractivity contribution in [2.45, 2.75) is 32.1 Å². The Labute approximate surface area is 94.0 Å². The standard InChI is InChI=1S/C10H15ClN2O2/c1-3-4-8(11)6-12-10(14)9-5-7(2)15-13-9/h5,8H,3-4,6H2,1-2H3,(H,12,14). The van der Waals surface area contributed by atoms with Crippen molar-refractivity contribution in [3.63, 3.8) is 0 Å². The first-order valence-corrected chi connectivity index (χ1v) is 5.42. The Bertz CT molecular complexity index is 325. The lowest BCUT2D eigenvalue weighted by molar-refractivity contribution is 0.0944. The van der Waals surface area contributed by atoms with Crippen LogP contribution in [0.2, 0.25) is 0 Å². The number of hydrogen-bond donors (Lipinski definition) is 1. The van der Waals surface area contributed by atoms with Crippen molar-refractivity contribution in [3.05, 3.63) is 17.5 Å². The van der Waals surface area contributed by atoms with E-state index in [0.717, 1.165) is 12.8 Å². The van der Waals surface area contributed by atoms with Gasteiger partial charge in [-0.15, -0.1) is 11.6 Å². The van der Waals surface area contributed by atoms with Gasteiger partial charge >= 0.3 is 0 Å². The SMILES string of the molecule is CCCC(Cl)CNC(=O)c1cc(C)on1. The summed E-state index contributed by atoms with van der Waals surface area (Å²) in [4.78, 5) is 11.5. The van der Waals surface area contributed by atoms with Crippen LogP contribution in [0.1, 0.15) is 36.0 Å². The number of carbonyl (C=O) groups excluding carboxylic acids is 1. The summed E-state index contributed by atoms with van der Waals surface area (Å²) < 4.78 is 4.80. The molecule has 1 N–H and O–H groups in total. The summed E-state index contributed by atoms with van der Waals surface area (Å²) in [6.45, 7) is 4.25. The molecule has 0 fully saturated rings. The number of halogens is 1. The average molecular weight is 231 g/mol. The van der Waals surface area contributed by atoms with Crippen molar-refractivity contribution in [2.24, 2.45) is 0 Å². The predicted molar refractivity (Wildman–Crippen MR) is 58.1 cm³/mol. The molecule has 1 aromatic heterocycles. The van der Waals surface area contributed by atoms with Crippen LogP contribution in [0.5, 0.6) is 0 Å². The van der Waals surface area contributed by atoms with E-state index in [1.165, 1.54) is 0 Å². The molecule has 0 spiro atoms. The van der Waals surface area contributed by atoms with Crippen LogP contribution in [-0.2, 0) is 0 Å². The van der Waals surface area contributed by atoms with Crippen molar-refractivity contribution >= 4 is 17.5 Å². The Morgan fingerprint density at radius 2 is 2.47 bits per heavy atom. The highest BCUT2D eigenvalue weighted by Crippen LogP contribution is 2.05. The Kier molecular flexibility index (Phi) is 4.62. The number of amides is 1. The molecule has 1 amide bonds. The van der Waals surface area contributed by atoms with Gasteiger partial charge in [0.1, 0.15) is 5.76 Å². The highest BCUT2D eigenvalue weighted by Gasteiger charge is 2.12. The predicted octanol–water partition coefficient (Wildman–Crippen LogP) is 2.12. The van der Waals surface area contributed by atoms with Gasteiger partial charge in [-0.1, -0.05) is 18.5 Å². The minimum absolute atomic E-state index is 0.0213. The fourth-order valence-corrected chi connectivity index (χ4v) is 1.48. The lowest BCUT2D eigenvalue weighted by Gasteiger charge is -2.07. The third-order valence-corrected chi connectivity index (χ3v) is 2.32. The highest BCUT2D eigenvalue weighted by molar-refractivity contribution is 6.20. The normalized spacial score (nSPS) is 12.5. The number of hydrogen-bond acceptors (Lipinski definition) is 3. The minimum Gasteiger partial charge on any atom is -0.361 e. The molecule has 1 aromatic rings. The van der Waals surface area contributed by atoms with Crippen LogP contribution >= 0.6 is 11.6 Å². The molecular formula is C10H15ClN2O2. The van der Waals surface area contributed by atoms with Crippen LogP contribution in [-0.4, -0.2) is 23.0 Å². The number of alkyl halides is 1. The van der Waals surface area contributed by atoms with Gasteiger partial charge in [-0.05, 0) is 13.3 Å². The van der Waals surface area contributed by atoms with E-state index < -0.39 is 0 Å². The first-order chi connectivity index (χ1) is 7.13. The van der Waals surface area contributed by atoms with Gasteiger partial charge < -0.3 is 9.84 Å². The number of aromatic nitrogens is 1. The van der Waals surface area contributed by atoms with E-state index in [1.54, 1.807) is 13.0 Å². The van der Waals surface area contributed by atoms with E-state index in [0.29, 0.717) is 18.0 Å². The molecule has 1 rings (SSSR count). The average Bonchev–Trinajstić information content (AvgIpc) is 2.62. The third-order valence-electron chi connectivity index (χ3n) is 1.95. The summed E-state index contributed by atoms with van der Waals surface area (Å²) in [6.07, 6.45) is 1.90. The number of nitrogens with zero attached hydrogens (tertiary/aromatic N) is 1. The van der Waals surface area contributed by atoms with E-state index in [-0.39, 0.29) is 11.3 Å². The fraction of sp³-hybridized carbons (Fsp3) is 0.600. The Hall–Kier alpha value is -1.03. The van der Waals surface area contributed by atoms with E-state index in [4.69, 9.17) is 16.1 Å². The number of rotatable bonds is 5. The molecule has 0 aromatic carbocycles. The largest absolute Gasteiger partial charge is 0.361 e. The summed E-state index contributed by atoms with van der Waals surface area (Å²) >= 11 is 5.96. The van der Waals surface area contributed by atoms with Crippen LogP contribution < -0.4 is 5.32 Å². The molecule has 0 saturated heterocycles. The zero-order chi connectivity index (χ0) is 11.3. The minimum atomic E-state index is -0.242. The van der Waals surface area contributed by atoms with Gasteiger partial charge in [0.15, 0.2) is 5.69 Å². The smallest absolute Gasteiger partial charge is 0.273 e. The molecule has 15 heavy (non-hydrogen) atoms. The van der Waals surface area contributed by atoms with Gasteiger partial charge in [0.2, 0.25) is 0 Å². The van der Waals surface area contributed by atoms with Gasteiger partial charge in [0, 0.05) is 12.6 Å². The van der Waals surface area contributed by atoms with Gasteiger partial charge in [-0.25, -0.2) is 0 Å². The molecule has 5 heteroatoms. The van der Waals surface area contributed by atoms with Gasteiger partial charge in [-0.2, -0.15) is 0 Å². The van der Waals surface area contributed by atoms with E-state index in [9.17, 15) is 4.79 Å². The molecule has 84 valence electrons. The van der Waals surface area contributed by atoms with Crippen LogP contribution in [0.25, 0.3) is 0 Å². The van der Waals surface area contributed by atoms with Crippen molar-refractivity contribution in [3.8, 4) is 0 Å². The maximum atomic E-state index is 11.5. The fourth-order valence-electron chi connectivity index (χ4n) is 1.18. The monoisotopic (exact) mass is 230 g/mol. The maximum absolute atomic E-state index is 11.5. The van der Waals surface area contributed by atoms with E-state index in [1.807, 2.05) is 0 Å². The van der Waals surface area contributed by atoms with E-state index >= 15 is 0 Å². The van der Waals surface area contributed by atoms with Crippen molar-refractivity contribution < 1.29 is 9.32 Å². The Morgan fingerprint density at radius 1 is 1.73 bits per heavy atom. The second-order valence-electron chi connectivity index (χ2n) is 3.42. The lowest BCUT2D eigenvalue weighted by atomic mass is 10.2. The molecule has 0 aliphatic heterocycles.